The molecule has 1 aromatic heterocycles. The second kappa shape index (κ2) is 14.3. The van der Waals surface area contributed by atoms with Gasteiger partial charge < -0.3 is 15.0 Å². The fourth-order valence-electron chi connectivity index (χ4n) is 5.11. The van der Waals surface area contributed by atoms with E-state index in [1.807, 2.05) is 24.3 Å². The van der Waals surface area contributed by atoms with Crippen LogP contribution in [-0.4, -0.2) is 67.0 Å². The van der Waals surface area contributed by atoms with Crippen LogP contribution >= 0.6 is 11.3 Å². The van der Waals surface area contributed by atoms with Crippen molar-refractivity contribution in [1.29, 1.82) is 0 Å². The quantitative estimate of drug-likeness (QED) is 0.211. The molecular formula is C32H38F4N4O5S2. The Labute approximate surface area is 276 Å². The highest BCUT2D eigenvalue weighted by atomic mass is 32.2. The van der Waals surface area contributed by atoms with Crippen LogP contribution in [0.1, 0.15) is 66.2 Å². The zero-order valence-corrected chi connectivity index (χ0v) is 28.4. The van der Waals surface area contributed by atoms with Gasteiger partial charge in [0.25, 0.3) is 0 Å². The number of esters is 1. The van der Waals surface area contributed by atoms with Crippen molar-refractivity contribution < 1.29 is 40.3 Å². The van der Waals surface area contributed by atoms with Crippen molar-refractivity contribution in [3.63, 3.8) is 0 Å². The molecule has 0 unspecified atom stereocenters. The lowest BCUT2D eigenvalue weighted by atomic mass is 10.1. The second-order valence-electron chi connectivity index (χ2n) is 12.3. The number of piperazine rings is 1. The van der Waals surface area contributed by atoms with Gasteiger partial charge in [-0.1, -0.05) is 55.0 Å². The van der Waals surface area contributed by atoms with Crippen molar-refractivity contribution in [2.75, 3.05) is 24.5 Å². The minimum absolute atomic E-state index is 0.0381. The molecule has 15 heteroatoms. The van der Waals surface area contributed by atoms with Crippen LogP contribution in [0.25, 0.3) is 0 Å². The minimum atomic E-state index is -4.69. The number of nitrogens with one attached hydrogen (secondary N) is 1. The number of alkyl halides is 3. The molecule has 1 amide bonds. The first-order valence-electron chi connectivity index (χ1n) is 15.1. The number of carbonyl (C=O) groups is 2. The summed E-state index contributed by atoms with van der Waals surface area (Å²) < 4.78 is 87.7. The molecule has 2 aromatic carbocycles. The number of aromatic nitrogens is 1. The van der Waals surface area contributed by atoms with E-state index in [9.17, 15) is 31.2 Å². The number of rotatable bonds is 10. The van der Waals surface area contributed by atoms with Crippen molar-refractivity contribution >= 4 is 38.4 Å². The Kier molecular flexibility index (Phi) is 11.0. The number of aryl methyl sites for hydroxylation is 2. The maximum absolute atomic E-state index is 15.1. The van der Waals surface area contributed by atoms with Crippen LogP contribution in [0.3, 0.4) is 0 Å². The van der Waals surface area contributed by atoms with Crippen LogP contribution < -0.4 is 10.2 Å². The molecule has 0 radical (unpaired) electrons. The molecule has 1 aliphatic rings. The van der Waals surface area contributed by atoms with E-state index >= 15 is 4.39 Å². The predicted molar refractivity (Wildman–Crippen MR) is 170 cm³/mol. The van der Waals surface area contributed by atoms with Gasteiger partial charge in [0.1, 0.15) is 27.2 Å². The summed E-state index contributed by atoms with van der Waals surface area (Å²) in [6.07, 6.45) is -4.16. The van der Waals surface area contributed by atoms with Gasteiger partial charge in [-0.25, -0.2) is 22.6 Å². The Morgan fingerprint density at radius 3 is 2.28 bits per heavy atom. The third-order valence-electron chi connectivity index (χ3n) is 7.29. The topological polar surface area (TPSA) is 109 Å². The van der Waals surface area contributed by atoms with Crippen LogP contribution in [0.4, 0.5) is 22.7 Å². The first-order valence-corrected chi connectivity index (χ1v) is 17.3. The number of nitrogens with zero attached hydrogens (tertiary/aromatic N) is 3. The third-order valence-corrected chi connectivity index (χ3v) is 10.4. The number of halogens is 4. The highest BCUT2D eigenvalue weighted by Gasteiger charge is 2.42. The number of sulfonamides is 1. The highest BCUT2D eigenvalue weighted by molar-refractivity contribution is 7.89. The van der Waals surface area contributed by atoms with Crippen molar-refractivity contribution in [3.8, 4) is 0 Å². The molecule has 2 heterocycles. The Hall–Kier alpha value is -3.56. The Bertz CT molecular complexity index is 1700. The Morgan fingerprint density at radius 2 is 1.68 bits per heavy atom. The number of hydrogen-bond donors (Lipinski definition) is 1. The lowest BCUT2D eigenvalue weighted by molar-refractivity contribution is -0.127. The van der Waals surface area contributed by atoms with Gasteiger partial charge in [0.2, 0.25) is 15.9 Å². The minimum Gasteiger partial charge on any atom is -0.456 e. The monoisotopic (exact) mass is 698 g/mol. The molecule has 0 saturated carbocycles. The van der Waals surface area contributed by atoms with Gasteiger partial charge in [-0.05, 0) is 62.9 Å². The molecular weight excluding hydrogens is 661 g/mol. The van der Waals surface area contributed by atoms with E-state index in [0.29, 0.717) is 16.9 Å². The molecule has 4 rings (SSSR count). The molecule has 3 aromatic rings. The molecule has 0 bridgehead atoms. The van der Waals surface area contributed by atoms with Crippen LogP contribution in [0.5, 0.6) is 0 Å². The molecule has 0 aliphatic carbocycles. The van der Waals surface area contributed by atoms with Gasteiger partial charge in [0, 0.05) is 26.2 Å². The van der Waals surface area contributed by atoms with E-state index in [1.54, 1.807) is 32.6 Å². The Balaban J connectivity index is 1.62. The molecule has 1 fully saturated rings. The van der Waals surface area contributed by atoms with Gasteiger partial charge in [0.15, 0.2) is 5.13 Å². The van der Waals surface area contributed by atoms with Crippen molar-refractivity contribution in [2.45, 2.75) is 83.1 Å². The van der Waals surface area contributed by atoms with Gasteiger partial charge in [-0.2, -0.15) is 17.5 Å². The lowest BCUT2D eigenvalue weighted by Crippen LogP contribution is -2.60. The predicted octanol–water partition coefficient (Wildman–Crippen LogP) is 5.80. The summed E-state index contributed by atoms with van der Waals surface area (Å²) in [5, 5.41) is 3.14. The number of amides is 1. The average molecular weight is 699 g/mol. The fraction of sp³-hybridized carbons (Fsp3) is 0.469. The van der Waals surface area contributed by atoms with E-state index < -0.39 is 62.4 Å². The number of hydrogen-bond acceptors (Lipinski definition) is 8. The van der Waals surface area contributed by atoms with Crippen molar-refractivity contribution in [1.82, 2.24) is 14.6 Å². The fourth-order valence-corrected chi connectivity index (χ4v) is 7.71. The second-order valence-corrected chi connectivity index (χ2v) is 15.2. The third kappa shape index (κ3) is 9.29. The first-order chi connectivity index (χ1) is 21.9. The number of benzene rings is 2. The van der Waals surface area contributed by atoms with Gasteiger partial charge in [-0.3, -0.25) is 4.79 Å². The van der Waals surface area contributed by atoms with E-state index in [1.165, 1.54) is 0 Å². The normalized spacial score (nSPS) is 16.3. The summed E-state index contributed by atoms with van der Waals surface area (Å²) >= 11 is 1.05. The summed E-state index contributed by atoms with van der Waals surface area (Å²) in [4.78, 5) is 32.1. The molecule has 1 atom stereocenters. The smallest absolute Gasteiger partial charge is 0.393 e. The van der Waals surface area contributed by atoms with Crippen LogP contribution in [0.2, 0.25) is 0 Å². The number of carbonyl (C=O) groups excluding carboxylic acids is 2. The number of ether oxygens (including phenoxy) is 1. The summed E-state index contributed by atoms with van der Waals surface area (Å²) in [6.45, 7) is 8.58. The molecule has 47 heavy (non-hydrogen) atoms. The summed E-state index contributed by atoms with van der Waals surface area (Å²) in [5.41, 5.74) is 1.15. The zero-order chi connectivity index (χ0) is 34.7. The van der Waals surface area contributed by atoms with E-state index in [4.69, 9.17) is 4.74 Å². The van der Waals surface area contributed by atoms with Crippen molar-refractivity contribution in [3.05, 3.63) is 75.5 Å². The van der Waals surface area contributed by atoms with E-state index in [-0.39, 0.29) is 31.1 Å². The van der Waals surface area contributed by atoms with E-state index in [0.717, 1.165) is 51.7 Å². The SMILES string of the molecule is CCCc1ccc(CNC(=O)[C@H]2CN(c3nc(C)c(C(=O)OC(C)(C)C)s3)CCN2S(=O)(=O)c2ccc(CC(F)(F)F)cc2F)cc1. The molecule has 0 spiro atoms. The summed E-state index contributed by atoms with van der Waals surface area (Å²) in [6, 6.07) is 8.50. The van der Waals surface area contributed by atoms with Gasteiger partial charge in [-0.15, -0.1) is 0 Å². The van der Waals surface area contributed by atoms with Gasteiger partial charge >= 0.3 is 12.1 Å². The standard InChI is InChI=1S/C32H38F4N4O5S2/c1-6-7-21-8-10-22(11-9-21)18-37-28(41)25-19-39(30-38-20(2)27(46-30)29(42)45-31(3,4)5)14-15-40(25)47(43,44)26-13-12-23(16-24(26)33)17-32(34,35)36/h8-13,16,25H,6-7,14-15,17-19H2,1-5H3,(H,37,41)/t25-/m1/s1. The molecule has 1 N–H and O–H groups in total. The van der Waals surface area contributed by atoms with Crippen molar-refractivity contribution in [2.24, 2.45) is 0 Å². The highest BCUT2D eigenvalue weighted by Crippen LogP contribution is 2.32. The van der Waals surface area contributed by atoms with Gasteiger partial charge in [0.05, 0.1) is 12.1 Å². The van der Waals surface area contributed by atoms with Crippen LogP contribution in [0, 0.1) is 12.7 Å². The average Bonchev–Trinajstić information content (AvgIpc) is 3.36. The lowest BCUT2D eigenvalue weighted by Gasteiger charge is -2.39. The number of thiazole rings is 1. The van der Waals surface area contributed by atoms with E-state index in [2.05, 4.69) is 17.2 Å². The largest absolute Gasteiger partial charge is 0.456 e. The molecule has 1 saturated heterocycles. The molecule has 256 valence electrons. The first kappa shape index (κ1) is 36.3. The summed E-state index contributed by atoms with van der Waals surface area (Å²) in [7, 11) is -4.69. The maximum atomic E-state index is 15.1. The number of anilines is 1. The van der Waals surface area contributed by atoms with Crippen LogP contribution in [0.15, 0.2) is 47.4 Å². The summed E-state index contributed by atoms with van der Waals surface area (Å²) in [5.74, 6) is -2.58. The van der Waals surface area contributed by atoms with Crippen LogP contribution in [-0.2, 0) is 38.9 Å². The molecule has 9 nitrogen and oxygen atoms in total. The zero-order valence-electron chi connectivity index (χ0n) is 26.8. The maximum Gasteiger partial charge on any atom is 0.393 e. The molecule has 1 aliphatic heterocycles. The Morgan fingerprint density at radius 1 is 1.04 bits per heavy atom.